The quantitative estimate of drug-likeness (QED) is 0.299. The SMILES string of the molecule is CCC(C(=O)Nc1ccccc1C)n1c(SCc2cccc(C(F)(F)F)c2)nc2cccnc21. The van der Waals surface area contributed by atoms with E-state index in [4.69, 9.17) is 0 Å². The zero-order valence-corrected chi connectivity index (χ0v) is 19.5. The number of fused-ring (bicyclic) bond motifs is 1. The minimum Gasteiger partial charge on any atom is -0.324 e. The molecule has 0 fully saturated rings. The first-order chi connectivity index (χ1) is 16.3. The van der Waals surface area contributed by atoms with Crippen LogP contribution in [0.25, 0.3) is 11.2 Å². The predicted octanol–water partition coefficient (Wildman–Crippen LogP) is 6.64. The Morgan fingerprint density at radius 1 is 1.12 bits per heavy atom. The van der Waals surface area contributed by atoms with Gasteiger partial charge < -0.3 is 5.32 Å². The fourth-order valence-corrected chi connectivity index (χ4v) is 4.68. The summed E-state index contributed by atoms with van der Waals surface area (Å²) >= 11 is 1.28. The Labute approximate surface area is 199 Å². The summed E-state index contributed by atoms with van der Waals surface area (Å²) in [5.41, 5.74) is 2.67. The van der Waals surface area contributed by atoms with E-state index in [2.05, 4.69) is 15.3 Å². The molecule has 4 rings (SSSR count). The van der Waals surface area contributed by atoms with Crippen LogP contribution < -0.4 is 5.32 Å². The van der Waals surface area contributed by atoms with Gasteiger partial charge >= 0.3 is 6.18 Å². The number of rotatable bonds is 7. The zero-order valence-electron chi connectivity index (χ0n) is 18.6. The Kier molecular flexibility index (Phi) is 6.92. The summed E-state index contributed by atoms with van der Waals surface area (Å²) in [6, 6.07) is 15.7. The summed E-state index contributed by atoms with van der Waals surface area (Å²) in [5, 5.41) is 3.52. The Balaban J connectivity index is 1.66. The molecule has 34 heavy (non-hydrogen) atoms. The van der Waals surface area contributed by atoms with Gasteiger partial charge in [-0.3, -0.25) is 9.36 Å². The van der Waals surface area contributed by atoms with E-state index in [9.17, 15) is 18.0 Å². The highest BCUT2D eigenvalue weighted by Gasteiger charge is 2.30. The number of hydrogen-bond acceptors (Lipinski definition) is 4. The van der Waals surface area contributed by atoms with Gasteiger partial charge in [0.15, 0.2) is 10.8 Å². The molecule has 0 aliphatic carbocycles. The van der Waals surface area contributed by atoms with E-state index in [1.54, 1.807) is 29.0 Å². The fraction of sp³-hybridized carbons (Fsp3) is 0.240. The number of carbonyl (C=O) groups excluding carboxylic acids is 1. The Bertz CT molecular complexity index is 1320. The van der Waals surface area contributed by atoms with Gasteiger partial charge in [0.25, 0.3) is 0 Å². The van der Waals surface area contributed by atoms with E-state index in [0.29, 0.717) is 28.3 Å². The van der Waals surface area contributed by atoms with E-state index in [1.165, 1.54) is 17.8 Å². The van der Waals surface area contributed by atoms with Gasteiger partial charge in [-0.1, -0.05) is 55.1 Å². The highest BCUT2D eigenvalue weighted by molar-refractivity contribution is 7.98. The van der Waals surface area contributed by atoms with Gasteiger partial charge in [0.1, 0.15) is 11.6 Å². The summed E-state index contributed by atoms with van der Waals surface area (Å²) in [5.74, 6) is 0.0611. The Hall–Kier alpha value is -3.33. The number of halogens is 3. The van der Waals surface area contributed by atoms with Gasteiger partial charge in [-0.15, -0.1) is 0 Å². The summed E-state index contributed by atoms with van der Waals surface area (Å²) in [7, 11) is 0. The predicted molar refractivity (Wildman–Crippen MR) is 128 cm³/mol. The molecule has 5 nitrogen and oxygen atoms in total. The first-order valence-corrected chi connectivity index (χ1v) is 11.7. The highest BCUT2D eigenvalue weighted by Crippen LogP contribution is 2.33. The topological polar surface area (TPSA) is 59.8 Å². The fourth-order valence-electron chi connectivity index (χ4n) is 3.69. The van der Waals surface area contributed by atoms with Crippen LogP contribution in [0.1, 0.15) is 36.1 Å². The first-order valence-electron chi connectivity index (χ1n) is 10.8. The third kappa shape index (κ3) is 5.09. The van der Waals surface area contributed by atoms with Crippen LogP contribution in [0.4, 0.5) is 18.9 Å². The van der Waals surface area contributed by atoms with Crippen LogP contribution in [0.5, 0.6) is 0 Å². The third-order valence-electron chi connectivity index (χ3n) is 5.44. The molecule has 2 aromatic heterocycles. The van der Waals surface area contributed by atoms with Crippen LogP contribution in [0, 0.1) is 6.92 Å². The van der Waals surface area contributed by atoms with Crippen molar-refractivity contribution in [1.29, 1.82) is 0 Å². The van der Waals surface area contributed by atoms with Crippen molar-refractivity contribution in [3.05, 3.63) is 83.6 Å². The van der Waals surface area contributed by atoms with E-state index >= 15 is 0 Å². The molecule has 0 saturated carbocycles. The zero-order chi connectivity index (χ0) is 24.3. The molecule has 0 spiro atoms. The van der Waals surface area contributed by atoms with Crippen molar-refractivity contribution in [1.82, 2.24) is 14.5 Å². The number of nitrogens with zero attached hydrogens (tertiary/aromatic N) is 3. The van der Waals surface area contributed by atoms with Crippen molar-refractivity contribution in [2.45, 2.75) is 43.4 Å². The molecule has 1 atom stereocenters. The summed E-state index contributed by atoms with van der Waals surface area (Å²) in [6.45, 7) is 3.82. The number of anilines is 1. The molecule has 0 aliphatic heterocycles. The molecule has 0 bridgehead atoms. The molecule has 0 aliphatic rings. The van der Waals surface area contributed by atoms with Gasteiger partial charge in [0.05, 0.1) is 5.56 Å². The standard InChI is InChI=1S/C25H23F3N4OS/c1-3-21(23(33)30-19-11-5-4-8-16(19)2)32-22-20(12-7-13-29-22)31-24(32)34-15-17-9-6-10-18(14-17)25(26,27)28/h4-14,21H,3,15H2,1-2H3,(H,30,33). The van der Waals surface area contributed by atoms with Crippen molar-refractivity contribution in [2.24, 2.45) is 0 Å². The minimum absolute atomic E-state index is 0.206. The van der Waals surface area contributed by atoms with Gasteiger partial charge in [0.2, 0.25) is 5.91 Å². The van der Waals surface area contributed by atoms with Crippen LogP contribution in [0.2, 0.25) is 0 Å². The van der Waals surface area contributed by atoms with E-state index < -0.39 is 17.8 Å². The molecule has 4 aromatic rings. The number of amides is 1. The van der Waals surface area contributed by atoms with Crippen molar-refractivity contribution in [2.75, 3.05) is 5.32 Å². The molecule has 9 heteroatoms. The summed E-state index contributed by atoms with van der Waals surface area (Å²) < 4.78 is 41.1. The number of imidazole rings is 1. The van der Waals surface area contributed by atoms with Crippen molar-refractivity contribution in [3.63, 3.8) is 0 Å². The number of aryl methyl sites for hydroxylation is 1. The molecule has 1 unspecified atom stereocenters. The van der Waals surface area contributed by atoms with Crippen molar-refractivity contribution < 1.29 is 18.0 Å². The summed E-state index contributed by atoms with van der Waals surface area (Å²) in [4.78, 5) is 22.4. The number of alkyl halides is 3. The van der Waals surface area contributed by atoms with Crippen LogP contribution in [-0.2, 0) is 16.7 Å². The minimum atomic E-state index is -4.40. The molecule has 1 N–H and O–H groups in total. The van der Waals surface area contributed by atoms with Gasteiger partial charge in [-0.2, -0.15) is 13.2 Å². The Morgan fingerprint density at radius 2 is 1.91 bits per heavy atom. The molecule has 2 aromatic carbocycles. The monoisotopic (exact) mass is 484 g/mol. The number of hydrogen-bond donors (Lipinski definition) is 1. The van der Waals surface area contributed by atoms with E-state index in [1.807, 2.05) is 38.1 Å². The second-order valence-electron chi connectivity index (χ2n) is 7.83. The number of benzene rings is 2. The molecule has 0 radical (unpaired) electrons. The molecule has 2 heterocycles. The van der Waals surface area contributed by atoms with Crippen molar-refractivity contribution in [3.8, 4) is 0 Å². The number of carbonyl (C=O) groups is 1. The van der Waals surface area contributed by atoms with Crippen molar-refractivity contribution >= 4 is 34.5 Å². The molecule has 1 amide bonds. The molecule has 0 saturated heterocycles. The lowest BCUT2D eigenvalue weighted by molar-refractivity contribution is -0.137. The van der Waals surface area contributed by atoms with Gasteiger partial charge in [0, 0.05) is 17.6 Å². The van der Waals surface area contributed by atoms with Gasteiger partial charge in [-0.25, -0.2) is 9.97 Å². The molecular formula is C25H23F3N4OS. The van der Waals surface area contributed by atoms with Crippen LogP contribution in [0.15, 0.2) is 72.0 Å². The number of pyridine rings is 1. The van der Waals surface area contributed by atoms with Gasteiger partial charge in [-0.05, 0) is 48.7 Å². The maximum Gasteiger partial charge on any atom is 0.416 e. The number of para-hydroxylation sites is 1. The maximum atomic E-state index is 13.3. The normalized spacial score (nSPS) is 12.6. The second kappa shape index (κ2) is 9.89. The first kappa shape index (κ1) is 23.8. The largest absolute Gasteiger partial charge is 0.416 e. The average molecular weight is 485 g/mol. The number of thioether (sulfide) groups is 1. The number of aromatic nitrogens is 3. The van der Waals surface area contributed by atoms with E-state index in [0.717, 1.165) is 23.4 Å². The van der Waals surface area contributed by atoms with Crippen LogP contribution in [0.3, 0.4) is 0 Å². The lowest BCUT2D eigenvalue weighted by Crippen LogP contribution is -2.26. The smallest absolute Gasteiger partial charge is 0.324 e. The highest BCUT2D eigenvalue weighted by atomic mass is 32.2. The second-order valence-corrected chi connectivity index (χ2v) is 8.77. The molecular weight excluding hydrogens is 461 g/mol. The lowest BCUT2D eigenvalue weighted by Gasteiger charge is -2.20. The maximum absolute atomic E-state index is 13.3. The lowest BCUT2D eigenvalue weighted by atomic mass is 10.1. The average Bonchev–Trinajstić information content (AvgIpc) is 3.18. The van der Waals surface area contributed by atoms with E-state index in [-0.39, 0.29) is 11.7 Å². The molecule has 176 valence electrons. The van der Waals surface area contributed by atoms with Crippen LogP contribution >= 0.6 is 11.8 Å². The van der Waals surface area contributed by atoms with Crippen LogP contribution in [-0.4, -0.2) is 20.4 Å². The third-order valence-corrected chi connectivity index (χ3v) is 6.47. The Morgan fingerprint density at radius 3 is 2.65 bits per heavy atom. The summed E-state index contributed by atoms with van der Waals surface area (Å²) in [6.07, 6.45) is -2.29. The number of nitrogens with one attached hydrogen (secondary N) is 1.